The molecule has 2 aromatic rings. The van der Waals surface area contributed by atoms with Gasteiger partial charge in [-0.25, -0.2) is 8.78 Å². The number of amides is 1. The first kappa shape index (κ1) is 17.3. The largest absolute Gasteiger partial charge is 0.312 e. The van der Waals surface area contributed by atoms with Crippen LogP contribution < -0.4 is 10.9 Å². The second-order valence-corrected chi connectivity index (χ2v) is 6.58. The average molecular weight is 363 g/mol. The predicted octanol–water partition coefficient (Wildman–Crippen LogP) is 2.81. The number of carbonyl (C=O) groups is 1. The number of aromatic nitrogens is 2. The Balaban J connectivity index is 2.20. The summed E-state index contributed by atoms with van der Waals surface area (Å²) in [6, 6.07) is 3.00. The molecule has 1 aliphatic rings. The highest BCUT2D eigenvalue weighted by Gasteiger charge is 2.33. The van der Waals surface area contributed by atoms with Crippen molar-refractivity contribution in [2.45, 2.75) is 17.5 Å². The lowest BCUT2D eigenvalue weighted by atomic mass is 9.86. The van der Waals surface area contributed by atoms with Crippen molar-refractivity contribution in [3.8, 4) is 0 Å². The standard InChI is InChI=1S/C17H15F2N3O2S/c1-3-6-25-17-21-16(24)14-11(8-13(23)20-15(14)22(17)2)10-7-9(18)4-5-12(10)19/h3-5,7,11H,1,6,8H2,2H3,(H,20,23). The maximum Gasteiger partial charge on any atom is 0.279 e. The molecular formula is C17H15F2N3O2S. The lowest BCUT2D eigenvalue weighted by Crippen LogP contribution is -2.33. The van der Waals surface area contributed by atoms with Gasteiger partial charge >= 0.3 is 0 Å². The van der Waals surface area contributed by atoms with E-state index >= 15 is 0 Å². The second kappa shape index (κ2) is 6.79. The third kappa shape index (κ3) is 3.21. The summed E-state index contributed by atoms with van der Waals surface area (Å²) in [6.45, 7) is 3.61. The zero-order valence-corrected chi connectivity index (χ0v) is 14.2. The van der Waals surface area contributed by atoms with Crippen LogP contribution in [-0.2, 0) is 11.8 Å². The van der Waals surface area contributed by atoms with Gasteiger partial charge in [-0.15, -0.1) is 6.58 Å². The molecule has 0 spiro atoms. The van der Waals surface area contributed by atoms with Crippen molar-refractivity contribution in [3.63, 3.8) is 0 Å². The van der Waals surface area contributed by atoms with Crippen LogP contribution in [-0.4, -0.2) is 21.2 Å². The molecule has 0 fully saturated rings. The monoisotopic (exact) mass is 363 g/mol. The van der Waals surface area contributed by atoms with Gasteiger partial charge in [-0.3, -0.25) is 9.59 Å². The van der Waals surface area contributed by atoms with Gasteiger partial charge in [0.15, 0.2) is 5.16 Å². The van der Waals surface area contributed by atoms with E-state index in [4.69, 9.17) is 0 Å². The van der Waals surface area contributed by atoms with Crippen LogP contribution in [0.1, 0.15) is 23.5 Å². The van der Waals surface area contributed by atoms with Gasteiger partial charge in [0.1, 0.15) is 17.5 Å². The number of nitrogens with one attached hydrogen (secondary N) is 1. The molecule has 1 aromatic heterocycles. The molecule has 1 N–H and O–H groups in total. The first-order valence-electron chi connectivity index (χ1n) is 7.51. The quantitative estimate of drug-likeness (QED) is 0.515. The Hall–Kier alpha value is -2.48. The van der Waals surface area contributed by atoms with Crippen LogP contribution in [0.25, 0.3) is 0 Å². The van der Waals surface area contributed by atoms with Crippen molar-refractivity contribution in [1.29, 1.82) is 0 Å². The second-order valence-electron chi connectivity index (χ2n) is 5.59. The lowest BCUT2D eigenvalue weighted by Gasteiger charge is -2.27. The maximum absolute atomic E-state index is 14.2. The SMILES string of the molecule is C=CCSc1nc(=O)c2c(n1C)NC(=O)CC2c1cc(F)ccc1F. The average Bonchev–Trinajstić information content (AvgIpc) is 2.58. The Labute approximate surface area is 146 Å². The number of nitrogens with zero attached hydrogens (tertiary/aromatic N) is 2. The van der Waals surface area contributed by atoms with Crippen LogP contribution in [0.2, 0.25) is 0 Å². The highest BCUT2D eigenvalue weighted by atomic mass is 32.2. The first-order chi connectivity index (χ1) is 11.9. The summed E-state index contributed by atoms with van der Waals surface area (Å²) in [5.41, 5.74) is -0.427. The Morgan fingerprint density at radius 2 is 2.20 bits per heavy atom. The minimum absolute atomic E-state index is 0.0264. The van der Waals surface area contributed by atoms with Gasteiger partial charge in [0.05, 0.1) is 5.56 Å². The molecule has 1 atom stereocenters. The molecule has 1 aliphatic heterocycles. The van der Waals surface area contributed by atoms with E-state index in [1.54, 1.807) is 17.7 Å². The molecule has 5 nitrogen and oxygen atoms in total. The molecule has 1 unspecified atom stereocenters. The van der Waals surface area contributed by atoms with Crippen molar-refractivity contribution >= 4 is 23.5 Å². The van der Waals surface area contributed by atoms with Gasteiger partial charge in [0.25, 0.3) is 5.56 Å². The van der Waals surface area contributed by atoms with E-state index in [1.807, 2.05) is 0 Å². The number of benzene rings is 1. The van der Waals surface area contributed by atoms with Gasteiger partial charge in [0.2, 0.25) is 5.91 Å². The van der Waals surface area contributed by atoms with Crippen LogP contribution in [0.5, 0.6) is 0 Å². The van der Waals surface area contributed by atoms with Crippen LogP contribution in [0, 0.1) is 11.6 Å². The zero-order chi connectivity index (χ0) is 18.1. The first-order valence-corrected chi connectivity index (χ1v) is 8.50. The number of fused-ring (bicyclic) bond motifs is 1. The molecule has 1 amide bonds. The minimum Gasteiger partial charge on any atom is -0.312 e. The molecule has 1 aromatic carbocycles. The van der Waals surface area contributed by atoms with Crippen molar-refractivity contribution in [3.05, 3.63) is 64.0 Å². The van der Waals surface area contributed by atoms with Crippen LogP contribution in [0.4, 0.5) is 14.6 Å². The number of thioether (sulfide) groups is 1. The van der Waals surface area contributed by atoms with Crippen molar-refractivity contribution in [2.24, 2.45) is 7.05 Å². The van der Waals surface area contributed by atoms with Gasteiger partial charge in [0, 0.05) is 25.1 Å². The number of halogens is 2. The van der Waals surface area contributed by atoms with E-state index in [0.29, 0.717) is 10.9 Å². The van der Waals surface area contributed by atoms with Gasteiger partial charge in [-0.2, -0.15) is 4.98 Å². The van der Waals surface area contributed by atoms with E-state index in [1.165, 1.54) is 11.8 Å². The maximum atomic E-state index is 14.2. The summed E-state index contributed by atoms with van der Waals surface area (Å²) in [5, 5.41) is 3.06. The smallest absolute Gasteiger partial charge is 0.279 e. The normalized spacial score (nSPS) is 16.3. The van der Waals surface area contributed by atoms with Crippen molar-refractivity contribution < 1.29 is 13.6 Å². The number of carbonyl (C=O) groups excluding carboxylic acids is 1. The molecule has 2 heterocycles. The van der Waals surface area contributed by atoms with E-state index in [9.17, 15) is 18.4 Å². The number of anilines is 1. The molecule has 0 saturated carbocycles. The number of hydrogen-bond acceptors (Lipinski definition) is 4. The van der Waals surface area contributed by atoms with E-state index < -0.39 is 23.1 Å². The molecule has 0 saturated heterocycles. The summed E-state index contributed by atoms with van der Waals surface area (Å²) in [5.74, 6) is -1.76. The van der Waals surface area contributed by atoms with Gasteiger partial charge in [-0.1, -0.05) is 17.8 Å². The van der Waals surface area contributed by atoms with E-state index in [-0.39, 0.29) is 29.3 Å². The zero-order valence-electron chi connectivity index (χ0n) is 13.4. The number of rotatable bonds is 4. The fourth-order valence-electron chi connectivity index (χ4n) is 2.85. The molecule has 130 valence electrons. The van der Waals surface area contributed by atoms with Crippen LogP contribution in [0.3, 0.4) is 0 Å². The molecule has 3 rings (SSSR count). The Kier molecular flexibility index (Phi) is 4.71. The van der Waals surface area contributed by atoms with Crippen molar-refractivity contribution in [2.75, 3.05) is 11.1 Å². The molecule has 0 aliphatic carbocycles. The summed E-state index contributed by atoms with van der Waals surface area (Å²) in [6.07, 6.45) is 1.52. The number of hydrogen-bond donors (Lipinski definition) is 1. The van der Waals surface area contributed by atoms with Gasteiger partial charge < -0.3 is 9.88 Å². The summed E-state index contributed by atoms with van der Waals surface area (Å²) < 4.78 is 29.4. The molecule has 0 bridgehead atoms. The lowest BCUT2D eigenvalue weighted by molar-refractivity contribution is -0.116. The predicted molar refractivity (Wildman–Crippen MR) is 91.8 cm³/mol. The topological polar surface area (TPSA) is 64.0 Å². The highest BCUT2D eigenvalue weighted by Crippen LogP contribution is 2.37. The van der Waals surface area contributed by atoms with Crippen LogP contribution in [0.15, 0.2) is 40.8 Å². The fourth-order valence-corrected chi connectivity index (χ4v) is 3.54. The van der Waals surface area contributed by atoms with Crippen molar-refractivity contribution in [1.82, 2.24) is 9.55 Å². The fraction of sp³-hybridized carbons (Fsp3) is 0.235. The summed E-state index contributed by atoms with van der Waals surface area (Å²) in [7, 11) is 1.65. The van der Waals surface area contributed by atoms with E-state index in [0.717, 1.165) is 18.2 Å². The van der Waals surface area contributed by atoms with Crippen LogP contribution >= 0.6 is 11.8 Å². The molecule has 0 radical (unpaired) electrons. The summed E-state index contributed by atoms with van der Waals surface area (Å²) >= 11 is 1.29. The third-order valence-electron chi connectivity index (χ3n) is 3.96. The van der Waals surface area contributed by atoms with E-state index in [2.05, 4.69) is 16.9 Å². The third-order valence-corrected chi connectivity index (χ3v) is 4.99. The summed E-state index contributed by atoms with van der Waals surface area (Å²) in [4.78, 5) is 28.7. The molecular weight excluding hydrogens is 348 g/mol. The molecule has 8 heteroatoms. The Bertz CT molecular complexity index is 927. The Morgan fingerprint density at radius 1 is 1.44 bits per heavy atom. The highest BCUT2D eigenvalue weighted by molar-refractivity contribution is 7.99. The minimum atomic E-state index is -0.885. The molecule has 25 heavy (non-hydrogen) atoms. The Morgan fingerprint density at radius 3 is 2.92 bits per heavy atom. The van der Waals surface area contributed by atoms with Gasteiger partial charge in [-0.05, 0) is 23.8 Å².